The van der Waals surface area contributed by atoms with Crippen LogP contribution in [0.3, 0.4) is 0 Å². The summed E-state index contributed by atoms with van der Waals surface area (Å²) < 4.78 is 39.3. The van der Waals surface area contributed by atoms with Crippen molar-refractivity contribution in [2.24, 2.45) is 0 Å². The first-order chi connectivity index (χ1) is 15.0. The zero-order valence-electron chi connectivity index (χ0n) is 15.9. The molecule has 0 saturated heterocycles. The lowest BCUT2D eigenvalue weighted by molar-refractivity contribution is 0.102. The Labute approximate surface area is 174 Å². The van der Waals surface area contributed by atoms with E-state index in [0.717, 1.165) is 16.7 Å². The van der Waals surface area contributed by atoms with E-state index >= 15 is 0 Å². The highest BCUT2D eigenvalue weighted by Gasteiger charge is 2.19. The van der Waals surface area contributed by atoms with E-state index in [9.17, 15) is 18.4 Å². The molecule has 1 aliphatic rings. The minimum Gasteiger partial charge on any atom is -0.454 e. The number of aromatic nitrogens is 1. The maximum absolute atomic E-state index is 14.4. The summed E-state index contributed by atoms with van der Waals surface area (Å²) in [6.45, 7) is 0.103. The number of carbonyl (C=O) groups is 1. The van der Waals surface area contributed by atoms with Gasteiger partial charge in [-0.1, -0.05) is 18.2 Å². The van der Waals surface area contributed by atoms with Crippen LogP contribution in [0.5, 0.6) is 11.5 Å². The Morgan fingerprint density at radius 3 is 2.52 bits per heavy atom. The summed E-state index contributed by atoms with van der Waals surface area (Å²) in [7, 11) is 0. The standard InChI is InChI=1S/C23H14F2N2O4/c24-13-5-7-19(18(25)9-13)27-11-17(15-3-1-2-4-16(15)23(27)29)22(28)26-14-6-8-20-21(10-14)31-12-30-20/h1-11H,12H2,(H,26,28). The highest BCUT2D eigenvalue weighted by molar-refractivity contribution is 6.12. The van der Waals surface area contributed by atoms with Gasteiger partial charge in [-0.3, -0.25) is 14.2 Å². The van der Waals surface area contributed by atoms with E-state index in [4.69, 9.17) is 9.47 Å². The second kappa shape index (κ2) is 7.24. The van der Waals surface area contributed by atoms with Crippen molar-refractivity contribution in [2.75, 3.05) is 12.1 Å². The number of ether oxygens (including phenoxy) is 2. The van der Waals surface area contributed by atoms with Crippen molar-refractivity contribution in [1.29, 1.82) is 0 Å². The number of carbonyl (C=O) groups excluding carboxylic acids is 1. The molecule has 31 heavy (non-hydrogen) atoms. The largest absolute Gasteiger partial charge is 0.454 e. The summed E-state index contributed by atoms with van der Waals surface area (Å²) in [5.74, 6) is -1.12. The van der Waals surface area contributed by atoms with E-state index in [0.29, 0.717) is 28.6 Å². The number of amides is 1. The molecule has 0 fully saturated rings. The number of hydrogen-bond acceptors (Lipinski definition) is 4. The van der Waals surface area contributed by atoms with Crippen molar-refractivity contribution in [3.05, 3.63) is 94.4 Å². The number of anilines is 1. The van der Waals surface area contributed by atoms with Crippen LogP contribution in [0.25, 0.3) is 16.5 Å². The van der Waals surface area contributed by atoms with Gasteiger partial charge in [-0.25, -0.2) is 8.78 Å². The van der Waals surface area contributed by atoms with Gasteiger partial charge in [-0.2, -0.15) is 0 Å². The number of nitrogens with zero attached hydrogens (tertiary/aromatic N) is 1. The van der Waals surface area contributed by atoms with Gasteiger partial charge < -0.3 is 14.8 Å². The minimum absolute atomic E-state index is 0.103. The molecule has 0 bridgehead atoms. The molecule has 1 amide bonds. The van der Waals surface area contributed by atoms with E-state index < -0.39 is 23.1 Å². The van der Waals surface area contributed by atoms with Crippen LogP contribution in [0.4, 0.5) is 14.5 Å². The summed E-state index contributed by atoms with van der Waals surface area (Å²) in [5.41, 5.74) is -0.0735. The number of pyridine rings is 1. The third kappa shape index (κ3) is 3.28. The molecule has 1 aromatic heterocycles. The Balaban J connectivity index is 1.63. The van der Waals surface area contributed by atoms with Gasteiger partial charge in [0.05, 0.1) is 11.3 Å². The molecule has 0 saturated carbocycles. The SMILES string of the molecule is O=C(Nc1ccc2c(c1)OCO2)c1cn(-c2ccc(F)cc2F)c(=O)c2ccccc12. The van der Waals surface area contributed by atoms with Gasteiger partial charge in [0.2, 0.25) is 6.79 Å². The fraction of sp³-hybridized carbons (Fsp3) is 0.0435. The Bertz CT molecular complexity index is 1410. The van der Waals surface area contributed by atoms with Gasteiger partial charge in [0.15, 0.2) is 11.5 Å². The average molecular weight is 420 g/mol. The van der Waals surface area contributed by atoms with Crippen molar-refractivity contribution in [3.63, 3.8) is 0 Å². The maximum atomic E-state index is 14.4. The van der Waals surface area contributed by atoms with E-state index in [1.165, 1.54) is 6.20 Å². The van der Waals surface area contributed by atoms with E-state index in [1.54, 1.807) is 42.5 Å². The average Bonchev–Trinajstić information content (AvgIpc) is 3.22. The first-order valence-electron chi connectivity index (χ1n) is 9.32. The second-order valence-electron chi connectivity index (χ2n) is 6.88. The fourth-order valence-corrected chi connectivity index (χ4v) is 3.50. The topological polar surface area (TPSA) is 69.6 Å². The van der Waals surface area contributed by atoms with Crippen LogP contribution in [0.1, 0.15) is 10.4 Å². The maximum Gasteiger partial charge on any atom is 0.263 e. The first kappa shape index (κ1) is 18.8. The molecule has 0 atom stereocenters. The normalized spacial score (nSPS) is 12.2. The summed E-state index contributed by atoms with van der Waals surface area (Å²) in [4.78, 5) is 26.1. The van der Waals surface area contributed by atoms with Crippen molar-refractivity contribution in [3.8, 4) is 17.2 Å². The molecule has 1 N–H and O–H groups in total. The van der Waals surface area contributed by atoms with Gasteiger partial charge in [0.25, 0.3) is 11.5 Å². The van der Waals surface area contributed by atoms with Crippen molar-refractivity contribution < 1.29 is 23.0 Å². The smallest absolute Gasteiger partial charge is 0.263 e. The summed E-state index contributed by atoms with van der Waals surface area (Å²) in [6.07, 6.45) is 1.25. The number of benzene rings is 3. The van der Waals surface area contributed by atoms with Crippen molar-refractivity contribution >= 4 is 22.4 Å². The lowest BCUT2D eigenvalue weighted by atomic mass is 10.1. The quantitative estimate of drug-likeness (QED) is 0.538. The van der Waals surface area contributed by atoms with Gasteiger partial charge in [0, 0.05) is 34.8 Å². The number of halogens is 2. The van der Waals surface area contributed by atoms with Gasteiger partial charge >= 0.3 is 0 Å². The minimum atomic E-state index is -0.917. The lowest BCUT2D eigenvalue weighted by Crippen LogP contribution is -2.23. The Hall–Kier alpha value is -4.20. The third-order valence-corrected chi connectivity index (χ3v) is 4.97. The molecule has 8 heteroatoms. The van der Waals surface area contributed by atoms with Crippen molar-refractivity contribution in [1.82, 2.24) is 4.57 Å². The van der Waals surface area contributed by atoms with E-state index in [-0.39, 0.29) is 23.4 Å². The van der Waals surface area contributed by atoms with Crippen LogP contribution in [-0.4, -0.2) is 17.3 Å². The number of fused-ring (bicyclic) bond motifs is 2. The van der Waals surface area contributed by atoms with Crippen LogP contribution in [0, 0.1) is 11.6 Å². The van der Waals surface area contributed by atoms with E-state index in [2.05, 4.69) is 5.32 Å². The molecular formula is C23H14F2N2O4. The van der Waals surface area contributed by atoms with Crippen LogP contribution >= 0.6 is 0 Å². The zero-order chi connectivity index (χ0) is 21.5. The third-order valence-electron chi connectivity index (χ3n) is 4.97. The van der Waals surface area contributed by atoms with Crippen LogP contribution in [-0.2, 0) is 0 Å². The molecule has 1 aliphatic heterocycles. The Morgan fingerprint density at radius 2 is 1.71 bits per heavy atom. The Morgan fingerprint density at radius 1 is 0.935 bits per heavy atom. The van der Waals surface area contributed by atoms with Crippen LogP contribution in [0.2, 0.25) is 0 Å². The van der Waals surface area contributed by atoms with Crippen molar-refractivity contribution in [2.45, 2.75) is 0 Å². The van der Waals surface area contributed by atoms with Crippen LogP contribution in [0.15, 0.2) is 71.7 Å². The van der Waals surface area contributed by atoms with Crippen LogP contribution < -0.4 is 20.3 Å². The zero-order valence-corrected chi connectivity index (χ0v) is 15.9. The number of hydrogen-bond donors (Lipinski definition) is 1. The molecule has 0 aliphatic carbocycles. The molecule has 0 unspecified atom stereocenters. The molecule has 5 rings (SSSR count). The monoisotopic (exact) mass is 420 g/mol. The van der Waals surface area contributed by atoms with Gasteiger partial charge in [0.1, 0.15) is 11.6 Å². The molecule has 4 aromatic rings. The predicted octanol–water partition coefficient (Wildman–Crippen LogP) is 4.25. The highest BCUT2D eigenvalue weighted by Crippen LogP contribution is 2.34. The molecule has 6 nitrogen and oxygen atoms in total. The highest BCUT2D eigenvalue weighted by atomic mass is 19.1. The second-order valence-corrected chi connectivity index (χ2v) is 6.88. The summed E-state index contributed by atoms with van der Waals surface area (Å²) >= 11 is 0. The number of rotatable bonds is 3. The Kier molecular flexibility index (Phi) is 4.39. The predicted molar refractivity (Wildman–Crippen MR) is 110 cm³/mol. The summed E-state index contributed by atoms with van der Waals surface area (Å²) in [6, 6.07) is 14.4. The molecule has 3 aromatic carbocycles. The van der Waals surface area contributed by atoms with E-state index in [1.807, 2.05) is 0 Å². The molecule has 154 valence electrons. The summed E-state index contributed by atoms with van der Waals surface area (Å²) in [5, 5.41) is 3.39. The lowest BCUT2D eigenvalue weighted by Gasteiger charge is -2.13. The molecular weight excluding hydrogens is 406 g/mol. The number of nitrogens with one attached hydrogen (secondary N) is 1. The fourth-order valence-electron chi connectivity index (χ4n) is 3.50. The molecule has 0 radical (unpaired) electrons. The molecule has 0 spiro atoms. The molecule has 2 heterocycles. The first-order valence-corrected chi connectivity index (χ1v) is 9.32. The van der Waals surface area contributed by atoms with Gasteiger partial charge in [-0.15, -0.1) is 0 Å². The van der Waals surface area contributed by atoms with Gasteiger partial charge in [-0.05, 0) is 30.3 Å².